The van der Waals surface area contributed by atoms with Gasteiger partial charge < -0.3 is 14.6 Å². The molecule has 3 rings (SSSR count). The van der Waals surface area contributed by atoms with Gasteiger partial charge in [0.25, 0.3) is 0 Å². The van der Waals surface area contributed by atoms with Gasteiger partial charge in [0.1, 0.15) is 11.5 Å². The van der Waals surface area contributed by atoms with Crippen LogP contribution in [-0.4, -0.2) is 41.9 Å². The number of nitrogens with zero attached hydrogens (tertiary/aromatic N) is 2. The maximum absolute atomic E-state index is 12.8. The van der Waals surface area contributed by atoms with Crippen LogP contribution >= 0.6 is 0 Å². The van der Waals surface area contributed by atoms with Crippen LogP contribution in [0.1, 0.15) is 42.0 Å². The number of hydrogen-bond acceptors (Lipinski definition) is 5. The first-order chi connectivity index (χ1) is 13.9. The predicted octanol–water partition coefficient (Wildman–Crippen LogP) is 3.55. The lowest BCUT2D eigenvalue weighted by atomic mass is 9.97. The van der Waals surface area contributed by atoms with E-state index >= 15 is 0 Å². The molecule has 29 heavy (non-hydrogen) atoms. The van der Waals surface area contributed by atoms with Gasteiger partial charge in [-0.25, -0.2) is 5.01 Å². The molecule has 0 aromatic heterocycles. The maximum atomic E-state index is 12.8. The van der Waals surface area contributed by atoms with Crippen LogP contribution in [0, 0.1) is 6.92 Å². The average Bonchev–Trinajstić information content (AvgIpc) is 3.17. The smallest absolute Gasteiger partial charge is 0.303 e. The van der Waals surface area contributed by atoms with Gasteiger partial charge in [0, 0.05) is 18.4 Å². The summed E-state index contributed by atoms with van der Waals surface area (Å²) in [6.45, 7) is 2.01. The van der Waals surface area contributed by atoms with Crippen molar-refractivity contribution in [2.45, 2.75) is 32.2 Å². The van der Waals surface area contributed by atoms with Gasteiger partial charge in [-0.1, -0.05) is 29.8 Å². The van der Waals surface area contributed by atoms with Crippen LogP contribution in [0.3, 0.4) is 0 Å². The number of methoxy groups -OCH3 is 2. The molecule has 1 aliphatic heterocycles. The molecule has 1 amide bonds. The Morgan fingerprint density at radius 2 is 1.83 bits per heavy atom. The minimum Gasteiger partial charge on any atom is -0.497 e. The maximum Gasteiger partial charge on any atom is 0.303 e. The zero-order chi connectivity index (χ0) is 21.0. The van der Waals surface area contributed by atoms with E-state index in [2.05, 4.69) is 5.10 Å². The highest BCUT2D eigenvalue weighted by Gasteiger charge is 2.35. The third kappa shape index (κ3) is 4.56. The van der Waals surface area contributed by atoms with E-state index in [9.17, 15) is 9.59 Å². The second-order valence-electron chi connectivity index (χ2n) is 6.87. The zero-order valence-electron chi connectivity index (χ0n) is 16.7. The van der Waals surface area contributed by atoms with Crippen molar-refractivity contribution in [3.8, 4) is 11.5 Å². The fourth-order valence-electron chi connectivity index (χ4n) is 3.33. The molecule has 1 heterocycles. The summed E-state index contributed by atoms with van der Waals surface area (Å²) >= 11 is 0. The van der Waals surface area contributed by atoms with E-state index in [1.54, 1.807) is 26.4 Å². The van der Waals surface area contributed by atoms with Gasteiger partial charge >= 0.3 is 5.97 Å². The van der Waals surface area contributed by atoms with Crippen LogP contribution in [0.15, 0.2) is 47.6 Å². The summed E-state index contributed by atoms with van der Waals surface area (Å²) in [6.07, 6.45) is 0.126. The number of carbonyl (C=O) groups is 2. The number of carboxylic acid groups (broad SMARTS) is 1. The molecule has 7 nitrogen and oxygen atoms in total. The molecule has 0 bridgehead atoms. The summed E-state index contributed by atoms with van der Waals surface area (Å²) < 4.78 is 10.8. The average molecular weight is 396 g/mol. The zero-order valence-corrected chi connectivity index (χ0v) is 16.7. The monoisotopic (exact) mass is 396 g/mol. The van der Waals surface area contributed by atoms with E-state index in [4.69, 9.17) is 14.6 Å². The fraction of sp³-hybridized carbons (Fsp3) is 0.318. The number of hydrogen-bond donors (Lipinski definition) is 1. The number of aliphatic carboxylic acids is 1. The van der Waals surface area contributed by atoms with E-state index in [0.717, 1.165) is 22.4 Å². The van der Waals surface area contributed by atoms with Crippen molar-refractivity contribution in [3.05, 3.63) is 59.2 Å². The van der Waals surface area contributed by atoms with Gasteiger partial charge in [-0.05, 0) is 30.7 Å². The molecule has 0 aliphatic carbocycles. The number of aryl methyl sites for hydroxylation is 1. The number of ether oxygens (including phenoxy) is 2. The SMILES string of the molecule is COc1ccc(OC)c([C@H]2CC(c3ccc(C)cc3)=NN2C(=O)CCC(=O)O)c1. The number of carboxylic acids is 1. The first kappa shape index (κ1) is 20.4. The summed E-state index contributed by atoms with van der Waals surface area (Å²) in [7, 11) is 3.14. The van der Waals surface area contributed by atoms with Gasteiger partial charge in [0.15, 0.2) is 0 Å². The highest BCUT2D eigenvalue weighted by atomic mass is 16.5. The molecule has 7 heteroatoms. The van der Waals surface area contributed by atoms with E-state index < -0.39 is 12.0 Å². The quantitative estimate of drug-likeness (QED) is 0.773. The molecule has 2 aromatic rings. The Labute approximate surface area is 169 Å². The van der Waals surface area contributed by atoms with Crippen LogP contribution in [0.2, 0.25) is 0 Å². The summed E-state index contributed by atoms with van der Waals surface area (Å²) in [6, 6.07) is 12.9. The second kappa shape index (κ2) is 8.77. The Hall–Kier alpha value is -3.35. The van der Waals surface area contributed by atoms with E-state index in [1.807, 2.05) is 37.3 Å². The normalized spacial score (nSPS) is 15.8. The molecule has 0 radical (unpaired) electrons. The first-order valence-corrected chi connectivity index (χ1v) is 9.33. The number of benzene rings is 2. The van der Waals surface area contributed by atoms with Crippen LogP contribution in [0.5, 0.6) is 11.5 Å². The van der Waals surface area contributed by atoms with Crippen molar-refractivity contribution in [2.75, 3.05) is 14.2 Å². The Morgan fingerprint density at radius 1 is 1.10 bits per heavy atom. The topological polar surface area (TPSA) is 88.4 Å². The number of rotatable bonds is 7. The molecular weight excluding hydrogens is 372 g/mol. The lowest BCUT2D eigenvalue weighted by molar-refractivity contribution is -0.141. The van der Waals surface area contributed by atoms with Crippen molar-refractivity contribution < 1.29 is 24.2 Å². The summed E-state index contributed by atoms with van der Waals surface area (Å²) in [5.41, 5.74) is 3.59. The van der Waals surface area contributed by atoms with Crippen LogP contribution in [0.4, 0.5) is 0 Å². The fourth-order valence-corrected chi connectivity index (χ4v) is 3.33. The molecule has 0 spiro atoms. The largest absolute Gasteiger partial charge is 0.497 e. The first-order valence-electron chi connectivity index (χ1n) is 9.33. The molecule has 1 atom stereocenters. The number of carbonyl (C=O) groups excluding carboxylic acids is 1. The highest BCUT2D eigenvalue weighted by molar-refractivity contribution is 6.03. The lowest BCUT2D eigenvalue weighted by Gasteiger charge is -2.24. The third-order valence-corrected chi connectivity index (χ3v) is 4.90. The number of amides is 1. The standard InChI is InChI=1S/C22H24N2O5/c1-14-4-6-15(7-5-14)18-13-19(24(23-18)21(25)10-11-22(26)27)17-12-16(28-2)8-9-20(17)29-3/h4-9,12,19H,10-11,13H2,1-3H3,(H,26,27)/t19-/m1/s1. The molecule has 0 saturated heterocycles. The van der Waals surface area contributed by atoms with Crippen molar-refractivity contribution in [1.29, 1.82) is 0 Å². The molecule has 2 aromatic carbocycles. The second-order valence-corrected chi connectivity index (χ2v) is 6.87. The predicted molar refractivity (Wildman–Crippen MR) is 108 cm³/mol. The van der Waals surface area contributed by atoms with Gasteiger partial charge in [0.2, 0.25) is 5.91 Å². The van der Waals surface area contributed by atoms with Crippen LogP contribution in [0.25, 0.3) is 0 Å². The molecule has 0 saturated carbocycles. The molecule has 152 valence electrons. The molecule has 1 N–H and O–H groups in total. The van der Waals surface area contributed by atoms with Crippen molar-refractivity contribution in [3.63, 3.8) is 0 Å². The van der Waals surface area contributed by atoms with Crippen LogP contribution < -0.4 is 9.47 Å². The van der Waals surface area contributed by atoms with Gasteiger partial charge in [0.05, 0.1) is 32.4 Å². The van der Waals surface area contributed by atoms with E-state index in [-0.39, 0.29) is 18.7 Å². The van der Waals surface area contributed by atoms with Crippen molar-refractivity contribution in [2.24, 2.45) is 5.10 Å². The summed E-state index contributed by atoms with van der Waals surface area (Å²) in [5, 5.41) is 14.9. The number of hydrazone groups is 1. The van der Waals surface area contributed by atoms with Crippen molar-refractivity contribution in [1.82, 2.24) is 5.01 Å². The van der Waals surface area contributed by atoms with Crippen LogP contribution in [-0.2, 0) is 9.59 Å². The Balaban J connectivity index is 1.99. The third-order valence-electron chi connectivity index (χ3n) is 4.90. The Morgan fingerprint density at radius 3 is 2.45 bits per heavy atom. The summed E-state index contributed by atoms with van der Waals surface area (Å²) in [5.74, 6) is -0.102. The van der Waals surface area contributed by atoms with E-state index in [0.29, 0.717) is 17.9 Å². The summed E-state index contributed by atoms with van der Waals surface area (Å²) in [4.78, 5) is 23.7. The van der Waals surface area contributed by atoms with Gasteiger partial charge in [-0.15, -0.1) is 0 Å². The minimum atomic E-state index is -1.02. The molecule has 0 unspecified atom stereocenters. The van der Waals surface area contributed by atoms with Gasteiger partial charge in [-0.2, -0.15) is 5.10 Å². The highest BCUT2D eigenvalue weighted by Crippen LogP contribution is 2.39. The molecule has 1 aliphatic rings. The Kier molecular flexibility index (Phi) is 6.16. The lowest BCUT2D eigenvalue weighted by Crippen LogP contribution is -2.27. The molecular formula is C22H24N2O5. The van der Waals surface area contributed by atoms with Gasteiger partial charge in [-0.3, -0.25) is 9.59 Å². The Bertz CT molecular complexity index is 937. The minimum absolute atomic E-state index is 0.122. The molecule has 0 fully saturated rings. The van der Waals surface area contributed by atoms with E-state index in [1.165, 1.54) is 5.01 Å². The van der Waals surface area contributed by atoms with Crippen molar-refractivity contribution >= 4 is 17.6 Å².